The minimum Gasteiger partial charge on any atom is -0.466 e. The Morgan fingerprint density at radius 2 is 2.33 bits per heavy atom. The molecule has 18 heavy (non-hydrogen) atoms. The molecule has 0 bridgehead atoms. The molecule has 0 heterocycles. The molecule has 1 aromatic carbocycles. The molecule has 0 spiro atoms. The van der Waals surface area contributed by atoms with E-state index in [1.807, 2.05) is 0 Å². The van der Waals surface area contributed by atoms with E-state index in [9.17, 15) is 9.18 Å². The average Bonchev–Trinajstić information content (AvgIpc) is 2.34. The monoisotopic (exact) mass is 333 g/mol. The van der Waals surface area contributed by atoms with E-state index in [4.69, 9.17) is 17.1 Å². The fraction of sp³-hybridized carbons (Fsp3) is 0.100. The molecule has 8 heteroatoms. The largest absolute Gasteiger partial charge is 0.466 e. The predicted octanol–water partition coefficient (Wildman–Crippen LogP) is 4.07. The smallest absolute Gasteiger partial charge is 0.340 e. The van der Waals surface area contributed by atoms with Crippen LogP contribution in [0.25, 0.3) is 16.5 Å². The summed E-state index contributed by atoms with van der Waals surface area (Å²) in [6, 6.07) is 2.43. The SMILES string of the molecule is COC(=O)/C(=C/c1cc(F)c(Br)cc1Cl)N=[N+]=[N-]. The van der Waals surface area contributed by atoms with Gasteiger partial charge < -0.3 is 4.74 Å². The van der Waals surface area contributed by atoms with Crippen molar-refractivity contribution in [3.05, 3.63) is 49.1 Å². The number of methoxy groups -OCH3 is 1. The molecule has 0 fully saturated rings. The van der Waals surface area contributed by atoms with Crippen LogP contribution in [-0.2, 0) is 9.53 Å². The number of nitrogens with zero attached hydrogens (tertiary/aromatic N) is 3. The lowest BCUT2D eigenvalue weighted by Gasteiger charge is -2.03. The van der Waals surface area contributed by atoms with Gasteiger partial charge in [-0.05, 0) is 45.2 Å². The van der Waals surface area contributed by atoms with Crippen molar-refractivity contribution in [3.63, 3.8) is 0 Å². The van der Waals surface area contributed by atoms with E-state index >= 15 is 0 Å². The maximum absolute atomic E-state index is 13.3. The molecule has 0 aliphatic rings. The van der Waals surface area contributed by atoms with E-state index in [0.29, 0.717) is 0 Å². The highest BCUT2D eigenvalue weighted by atomic mass is 79.9. The topological polar surface area (TPSA) is 75.1 Å². The molecular weight excluding hydrogens is 328 g/mol. The first-order valence-electron chi connectivity index (χ1n) is 4.49. The number of rotatable bonds is 3. The molecule has 0 atom stereocenters. The second kappa shape index (κ2) is 6.39. The molecule has 0 aromatic heterocycles. The second-order valence-electron chi connectivity index (χ2n) is 3.00. The Bertz CT molecular complexity index is 570. The van der Waals surface area contributed by atoms with Crippen LogP contribution in [0, 0.1) is 5.82 Å². The van der Waals surface area contributed by atoms with Crippen LogP contribution >= 0.6 is 27.5 Å². The molecule has 0 radical (unpaired) electrons. The molecule has 94 valence electrons. The highest BCUT2D eigenvalue weighted by Crippen LogP contribution is 2.26. The summed E-state index contributed by atoms with van der Waals surface area (Å²) in [7, 11) is 1.13. The van der Waals surface area contributed by atoms with Crippen molar-refractivity contribution in [2.45, 2.75) is 0 Å². The van der Waals surface area contributed by atoms with Crippen LogP contribution in [0.3, 0.4) is 0 Å². The predicted molar refractivity (Wildman–Crippen MR) is 68.2 cm³/mol. The Kier molecular flexibility index (Phi) is 5.15. The molecular formula is C10H6BrClFN3O2. The molecule has 0 saturated carbocycles. The third-order valence-electron chi connectivity index (χ3n) is 1.88. The zero-order valence-corrected chi connectivity index (χ0v) is 11.4. The van der Waals surface area contributed by atoms with E-state index in [2.05, 4.69) is 30.7 Å². The van der Waals surface area contributed by atoms with Gasteiger partial charge in [-0.25, -0.2) is 9.18 Å². The number of hydrogen-bond acceptors (Lipinski definition) is 3. The first-order chi connectivity index (χ1) is 8.49. The molecule has 1 rings (SSSR count). The van der Waals surface area contributed by atoms with Gasteiger partial charge in [-0.3, -0.25) is 0 Å². The van der Waals surface area contributed by atoms with Gasteiger partial charge in [0, 0.05) is 9.93 Å². The molecule has 1 aromatic rings. The minimum atomic E-state index is -0.841. The summed E-state index contributed by atoms with van der Waals surface area (Å²) < 4.78 is 17.9. The fourth-order valence-corrected chi connectivity index (χ4v) is 1.77. The number of azide groups is 1. The van der Waals surface area contributed by atoms with E-state index in [1.165, 1.54) is 6.07 Å². The number of carbonyl (C=O) groups excluding carboxylic acids is 1. The Labute approximate surface area is 115 Å². The lowest BCUT2D eigenvalue weighted by molar-refractivity contribution is -0.136. The molecule has 0 unspecified atom stereocenters. The van der Waals surface area contributed by atoms with Gasteiger partial charge in [-0.15, -0.1) is 0 Å². The number of ether oxygens (including phenoxy) is 1. The van der Waals surface area contributed by atoms with Crippen molar-refractivity contribution < 1.29 is 13.9 Å². The first-order valence-corrected chi connectivity index (χ1v) is 5.66. The maximum atomic E-state index is 13.3. The van der Waals surface area contributed by atoms with Gasteiger partial charge in [0.05, 0.1) is 11.6 Å². The fourth-order valence-electron chi connectivity index (χ4n) is 1.08. The molecule has 5 nitrogen and oxygen atoms in total. The summed E-state index contributed by atoms with van der Waals surface area (Å²) >= 11 is 8.83. The van der Waals surface area contributed by atoms with E-state index in [-0.39, 0.29) is 20.8 Å². The summed E-state index contributed by atoms with van der Waals surface area (Å²) in [6.45, 7) is 0. The van der Waals surface area contributed by atoms with Crippen molar-refractivity contribution >= 4 is 39.6 Å². The van der Waals surface area contributed by atoms with E-state index in [0.717, 1.165) is 19.3 Å². The van der Waals surface area contributed by atoms with Crippen molar-refractivity contribution in [2.75, 3.05) is 7.11 Å². The summed E-state index contributed by atoms with van der Waals surface area (Å²) in [4.78, 5) is 13.7. The third kappa shape index (κ3) is 3.46. The lowest BCUT2D eigenvalue weighted by Crippen LogP contribution is -2.02. The Morgan fingerprint density at radius 3 is 2.89 bits per heavy atom. The Balaban J connectivity index is 3.32. The Morgan fingerprint density at radius 1 is 1.67 bits per heavy atom. The molecule has 0 aliphatic heterocycles. The normalized spacial score (nSPS) is 10.8. The van der Waals surface area contributed by atoms with Gasteiger partial charge in [-0.1, -0.05) is 16.7 Å². The number of carbonyl (C=O) groups is 1. The van der Waals surface area contributed by atoms with Gasteiger partial charge in [0.2, 0.25) is 0 Å². The summed E-state index contributed by atoms with van der Waals surface area (Å²) in [5, 5.41) is 3.35. The van der Waals surface area contributed by atoms with Crippen molar-refractivity contribution in [2.24, 2.45) is 5.11 Å². The van der Waals surface area contributed by atoms with Crippen LogP contribution in [0.2, 0.25) is 5.02 Å². The standard InChI is InChI=1S/C10H6BrClFN3O2/c1-18-10(17)9(15-16-14)3-5-2-8(13)6(11)4-7(5)12/h2-4H,1H3/b9-3-. The van der Waals surface area contributed by atoms with Crippen LogP contribution in [-0.4, -0.2) is 13.1 Å². The van der Waals surface area contributed by atoms with E-state index in [1.54, 1.807) is 0 Å². The second-order valence-corrected chi connectivity index (χ2v) is 4.26. The highest BCUT2D eigenvalue weighted by Gasteiger charge is 2.10. The van der Waals surface area contributed by atoms with Crippen LogP contribution < -0.4 is 0 Å². The average molecular weight is 335 g/mol. The first kappa shape index (κ1) is 14.5. The van der Waals surface area contributed by atoms with Crippen LogP contribution in [0.5, 0.6) is 0 Å². The minimum absolute atomic E-state index is 0.188. The summed E-state index contributed by atoms with van der Waals surface area (Å²) in [5.41, 5.74) is 8.21. The lowest BCUT2D eigenvalue weighted by atomic mass is 10.2. The zero-order valence-electron chi connectivity index (χ0n) is 9.02. The summed E-state index contributed by atoms with van der Waals surface area (Å²) in [6.07, 6.45) is 1.14. The zero-order chi connectivity index (χ0) is 13.7. The van der Waals surface area contributed by atoms with Gasteiger partial charge >= 0.3 is 5.97 Å². The maximum Gasteiger partial charge on any atom is 0.340 e. The molecule has 0 saturated heterocycles. The van der Waals surface area contributed by atoms with Crippen molar-refractivity contribution in [1.29, 1.82) is 0 Å². The Hall–Kier alpha value is -1.56. The van der Waals surface area contributed by atoms with Crippen LogP contribution in [0.4, 0.5) is 4.39 Å². The summed E-state index contributed by atoms with van der Waals surface area (Å²) in [5.74, 6) is -1.40. The molecule has 0 amide bonds. The molecule has 0 N–H and O–H groups in total. The highest BCUT2D eigenvalue weighted by molar-refractivity contribution is 9.10. The van der Waals surface area contributed by atoms with Crippen molar-refractivity contribution in [1.82, 2.24) is 0 Å². The van der Waals surface area contributed by atoms with Crippen LogP contribution in [0.1, 0.15) is 5.56 Å². The van der Waals surface area contributed by atoms with Gasteiger partial charge in [0.1, 0.15) is 11.5 Å². The van der Waals surface area contributed by atoms with Crippen molar-refractivity contribution in [3.8, 4) is 0 Å². The number of hydrogen-bond donors (Lipinski definition) is 0. The van der Waals surface area contributed by atoms with Gasteiger partial charge in [-0.2, -0.15) is 0 Å². The third-order valence-corrected chi connectivity index (χ3v) is 2.81. The number of halogens is 3. The quantitative estimate of drug-likeness (QED) is 0.209. The van der Waals surface area contributed by atoms with Gasteiger partial charge in [0.15, 0.2) is 0 Å². The number of esters is 1. The number of benzene rings is 1. The van der Waals surface area contributed by atoms with Gasteiger partial charge in [0.25, 0.3) is 0 Å². The van der Waals surface area contributed by atoms with Crippen LogP contribution in [0.15, 0.2) is 27.4 Å². The molecule has 0 aliphatic carbocycles. The van der Waals surface area contributed by atoms with E-state index < -0.39 is 11.8 Å².